The first-order chi connectivity index (χ1) is 12.2. The third kappa shape index (κ3) is 3.32. The van der Waals surface area contributed by atoms with Gasteiger partial charge in [0.25, 0.3) is 5.91 Å². The van der Waals surface area contributed by atoms with Gasteiger partial charge in [-0.1, -0.05) is 42.5 Å². The van der Waals surface area contributed by atoms with Crippen LogP contribution in [0.2, 0.25) is 0 Å². The van der Waals surface area contributed by atoms with Gasteiger partial charge in [-0.05, 0) is 18.1 Å². The van der Waals surface area contributed by atoms with E-state index in [2.05, 4.69) is 10.3 Å². The van der Waals surface area contributed by atoms with Gasteiger partial charge in [0.15, 0.2) is 0 Å². The molecule has 4 rings (SSSR count). The lowest BCUT2D eigenvalue weighted by Crippen LogP contribution is -2.30. The van der Waals surface area contributed by atoms with Crippen molar-refractivity contribution in [3.8, 4) is 10.6 Å². The van der Waals surface area contributed by atoms with Crippen molar-refractivity contribution in [1.29, 1.82) is 0 Å². The number of carbonyl (C=O) groups excluding carboxylic acids is 1. The molecule has 126 valence electrons. The predicted molar refractivity (Wildman–Crippen MR) is 99.5 cm³/mol. The highest BCUT2D eigenvalue weighted by Crippen LogP contribution is 2.38. The number of carbonyl (C=O) groups is 1. The second-order valence-electron chi connectivity index (χ2n) is 5.72. The fraction of sp³-hybridized carbons (Fsp3) is 0.158. The number of hydrogen-bond acceptors (Lipinski definition) is 4. The Kier molecular flexibility index (Phi) is 4.55. The van der Waals surface area contributed by atoms with Crippen LogP contribution in [0.1, 0.15) is 27.7 Å². The molecule has 0 aliphatic carbocycles. The number of thioether (sulfide) groups is 1. The average molecular weight is 370 g/mol. The van der Waals surface area contributed by atoms with Crippen LogP contribution in [0, 0.1) is 5.82 Å². The van der Waals surface area contributed by atoms with E-state index in [4.69, 9.17) is 0 Å². The van der Waals surface area contributed by atoms with Crippen LogP contribution in [0.5, 0.6) is 0 Å². The Morgan fingerprint density at radius 3 is 2.84 bits per heavy atom. The van der Waals surface area contributed by atoms with E-state index in [0.29, 0.717) is 9.77 Å². The summed E-state index contributed by atoms with van der Waals surface area (Å²) >= 11 is 2.87. The number of aromatic nitrogens is 1. The Morgan fingerprint density at radius 1 is 1.16 bits per heavy atom. The van der Waals surface area contributed by atoms with E-state index in [9.17, 15) is 9.18 Å². The van der Waals surface area contributed by atoms with Crippen molar-refractivity contribution < 1.29 is 9.18 Å². The Labute approximate surface area is 153 Å². The van der Waals surface area contributed by atoms with Crippen molar-refractivity contribution in [3.63, 3.8) is 0 Å². The standard InChI is InChI=1S/C19H15FN2OS2/c20-14-8-4-7-13-15(9-10-24-17(13)14)22-18(23)16-11-21-19(25-16)12-5-2-1-3-6-12/h1-8,11,15H,9-10H2,(H,22,23). The van der Waals surface area contributed by atoms with E-state index in [0.717, 1.165) is 28.3 Å². The van der Waals surface area contributed by atoms with Crippen LogP contribution in [-0.2, 0) is 0 Å². The van der Waals surface area contributed by atoms with Gasteiger partial charge in [-0.3, -0.25) is 4.79 Å². The van der Waals surface area contributed by atoms with E-state index in [1.165, 1.54) is 29.2 Å². The van der Waals surface area contributed by atoms with Gasteiger partial charge < -0.3 is 5.32 Å². The van der Waals surface area contributed by atoms with Crippen LogP contribution in [0.4, 0.5) is 4.39 Å². The fourth-order valence-corrected chi connectivity index (χ4v) is 4.82. The minimum atomic E-state index is -0.217. The summed E-state index contributed by atoms with van der Waals surface area (Å²) < 4.78 is 14.0. The van der Waals surface area contributed by atoms with Crippen molar-refractivity contribution >= 4 is 29.0 Å². The summed E-state index contributed by atoms with van der Waals surface area (Å²) in [6, 6.07) is 14.7. The predicted octanol–water partition coefficient (Wildman–Crippen LogP) is 4.92. The van der Waals surface area contributed by atoms with E-state index in [1.54, 1.807) is 12.3 Å². The zero-order valence-electron chi connectivity index (χ0n) is 13.2. The highest BCUT2D eigenvalue weighted by molar-refractivity contribution is 7.99. The van der Waals surface area contributed by atoms with E-state index < -0.39 is 0 Å². The number of nitrogens with zero attached hydrogens (tertiary/aromatic N) is 1. The molecule has 1 aliphatic rings. The Balaban J connectivity index is 1.54. The Morgan fingerprint density at radius 2 is 2.00 bits per heavy atom. The van der Waals surface area contributed by atoms with E-state index in [-0.39, 0.29) is 17.8 Å². The van der Waals surface area contributed by atoms with E-state index in [1.807, 2.05) is 36.4 Å². The van der Waals surface area contributed by atoms with Gasteiger partial charge in [0, 0.05) is 16.2 Å². The molecule has 0 radical (unpaired) electrons. The summed E-state index contributed by atoms with van der Waals surface area (Å²) in [5.41, 5.74) is 1.85. The SMILES string of the molecule is O=C(NC1CCSc2c(F)cccc21)c1cnc(-c2ccccc2)s1. The zero-order chi connectivity index (χ0) is 17.2. The lowest BCUT2D eigenvalue weighted by Gasteiger charge is -2.25. The van der Waals surface area contributed by atoms with Crippen molar-refractivity contribution in [2.24, 2.45) is 0 Å². The maximum atomic E-state index is 14.0. The van der Waals surface area contributed by atoms with Gasteiger partial charge in [0.2, 0.25) is 0 Å². The number of rotatable bonds is 3. The molecule has 1 aliphatic heterocycles. The molecule has 0 spiro atoms. The second-order valence-corrected chi connectivity index (χ2v) is 7.85. The van der Waals surface area contributed by atoms with Gasteiger partial charge in [-0.2, -0.15) is 0 Å². The number of halogens is 1. The van der Waals surface area contributed by atoms with Crippen LogP contribution in [0.25, 0.3) is 10.6 Å². The number of hydrogen-bond donors (Lipinski definition) is 1. The van der Waals surface area contributed by atoms with Crippen LogP contribution in [0.15, 0.2) is 59.6 Å². The first-order valence-corrected chi connectivity index (χ1v) is 9.76. The lowest BCUT2D eigenvalue weighted by molar-refractivity contribution is 0.0938. The molecule has 2 aromatic carbocycles. The van der Waals surface area contributed by atoms with Crippen molar-refractivity contribution in [3.05, 3.63) is 71.0 Å². The van der Waals surface area contributed by atoms with Gasteiger partial charge in [-0.15, -0.1) is 23.1 Å². The molecule has 1 unspecified atom stereocenters. The molecule has 25 heavy (non-hydrogen) atoms. The first-order valence-electron chi connectivity index (χ1n) is 7.95. The lowest BCUT2D eigenvalue weighted by atomic mass is 10.0. The summed E-state index contributed by atoms with van der Waals surface area (Å²) in [6.07, 6.45) is 2.39. The molecule has 1 atom stereocenters. The molecule has 3 aromatic rings. The Bertz CT molecular complexity index is 911. The van der Waals surface area contributed by atoms with E-state index >= 15 is 0 Å². The molecule has 1 N–H and O–H groups in total. The molecule has 0 saturated carbocycles. The van der Waals surface area contributed by atoms with Crippen LogP contribution < -0.4 is 5.32 Å². The third-order valence-corrected chi connectivity index (χ3v) is 6.29. The van der Waals surface area contributed by atoms with Crippen molar-refractivity contribution in [1.82, 2.24) is 10.3 Å². The minimum absolute atomic E-state index is 0.160. The molecular formula is C19H15FN2OS2. The quantitative estimate of drug-likeness (QED) is 0.712. The molecule has 0 fully saturated rings. The van der Waals surface area contributed by atoms with Crippen molar-refractivity contribution in [2.75, 3.05) is 5.75 Å². The summed E-state index contributed by atoms with van der Waals surface area (Å²) in [7, 11) is 0. The molecular weight excluding hydrogens is 355 g/mol. The van der Waals surface area contributed by atoms with Gasteiger partial charge >= 0.3 is 0 Å². The highest BCUT2D eigenvalue weighted by Gasteiger charge is 2.25. The molecule has 0 saturated heterocycles. The van der Waals surface area contributed by atoms with Crippen LogP contribution in [0.3, 0.4) is 0 Å². The highest BCUT2D eigenvalue weighted by atomic mass is 32.2. The second kappa shape index (κ2) is 6.98. The molecule has 2 heterocycles. The largest absolute Gasteiger partial charge is 0.344 e. The van der Waals surface area contributed by atoms with Gasteiger partial charge in [-0.25, -0.2) is 9.37 Å². The van der Waals surface area contributed by atoms with Gasteiger partial charge in [0.05, 0.1) is 12.2 Å². The average Bonchev–Trinajstić information content (AvgIpc) is 3.14. The summed E-state index contributed by atoms with van der Waals surface area (Å²) in [6.45, 7) is 0. The number of thiazole rings is 1. The zero-order valence-corrected chi connectivity index (χ0v) is 14.9. The number of fused-ring (bicyclic) bond motifs is 1. The number of benzene rings is 2. The summed E-state index contributed by atoms with van der Waals surface area (Å²) in [5.74, 6) is 0.411. The topological polar surface area (TPSA) is 42.0 Å². The monoisotopic (exact) mass is 370 g/mol. The maximum absolute atomic E-state index is 14.0. The summed E-state index contributed by atoms with van der Waals surface area (Å²) in [4.78, 5) is 18.2. The smallest absolute Gasteiger partial charge is 0.263 e. The fourth-order valence-electron chi connectivity index (χ4n) is 2.86. The van der Waals surface area contributed by atoms with Crippen LogP contribution in [-0.4, -0.2) is 16.6 Å². The minimum Gasteiger partial charge on any atom is -0.344 e. The summed E-state index contributed by atoms with van der Waals surface area (Å²) in [5, 5.41) is 3.85. The molecule has 0 bridgehead atoms. The maximum Gasteiger partial charge on any atom is 0.263 e. The molecule has 3 nitrogen and oxygen atoms in total. The first kappa shape index (κ1) is 16.3. The number of nitrogens with one attached hydrogen (secondary N) is 1. The molecule has 1 aromatic heterocycles. The van der Waals surface area contributed by atoms with Gasteiger partial charge in [0.1, 0.15) is 15.7 Å². The molecule has 6 heteroatoms. The molecule has 1 amide bonds. The third-order valence-electron chi connectivity index (χ3n) is 4.08. The number of amides is 1. The van der Waals surface area contributed by atoms with Crippen molar-refractivity contribution in [2.45, 2.75) is 17.4 Å². The van der Waals surface area contributed by atoms with Crippen LogP contribution >= 0.6 is 23.1 Å². The Hall–Kier alpha value is -2.18. The normalized spacial score (nSPS) is 16.3.